The monoisotopic (exact) mass is 432 g/mol. The van der Waals surface area contributed by atoms with E-state index < -0.39 is 0 Å². The van der Waals surface area contributed by atoms with Gasteiger partial charge in [0, 0.05) is 5.02 Å². The number of carbonyl (C=O) groups is 1. The first kappa shape index (κ1) is 23.5. The van der Waals surface area contributed by atoms with Gasteiger partial charge in [0.1, 0.15) is 5.75 Å². The number of halogens is 1. The number of methoxy groups -OCH3 is 2. The fraction of sp³-hybridized carbons (Fsp3) is 0.391. The lowest BCUT2D eigenvalue weighted by atomic mass is 10.1. The van der Waals surface area contributed by atoms with E-state index in [9.17, 15) is 4.79 Å². The van der Waals surface area contributed by atoms with Crippen molar-refractivity contribution >= 4 is 23.7 Å². The molecule has 6 nitrogen and oxygen atoms in total. The molecule has 2 aromatic carbocycles. The van der Waals surface area contributed by atoms with Crippen molar-refractivity contribution in [3.63, 3.8) is 0 Å². The average Bonchev–Trinajstić information content (AvgIpc) is 2.75. The molecule has 7 heteroatoms. The Morgan fingerprint density at radius 3 is 2.63 bits per heavy atom. The highest BCUT2D eigenvalue weighted by Crippen LogP contribution is 2.28. The van der Waals surface area contributed by atoms with Crippen LogP contribution in [0.15, 0.2) is 41.5 Å². The SMILES string of the molecule is CCCCCCOc1ccc(/C=N/NC(=O)Cc2cc(OC)ccc2Cl)cc1OC. The highest BCUT2D eigenvalue weighted by atomic mass is 35.5. The summed E-state index contributed by atoms with van der Waals surface area (Å²) < 4.78 is 16.4. The first-order valence-electron chi connectivity index (χ1n) is 10.0. The first-order chi connectivity index (χ1) is 14.6. The quantitative estimate of drug-likeness (QED) is 0.291. The van der Waals surface area contributed by atoms with Crippen LogP contribution in [0.4, 0.5) is 0 Å². The van der Waals surface area contributed by atoms with Gasteiger partial charge in [0.15, 0.2) is 11.5 Å². The van der Waals surface area contributed by atoms with Crippen molar-refractivity contribution in [2.45, 2.75) is 39.0 Å². The molecule has 162 valence electrons. The van der Waals surface area contributed by atoms with Crippen molar-refractivity contribution in [3.8, 4) is 17.2 Å². The van der Waals surface area contributed by atoms with E-state index in [1.54, 1.807) is 38.6 Å². The summed E-state index contributed by atoms with van der Waals surface area (Å²) in [5.74, 6) is 1.69. The Bertz CT molecular complexity index is 855. The zero-order chi connectivity index (χ0) is 21.8. The summed E-state index contributed by atoms with van der Waals surface area (Å²) in [7, 11) is 3.16. The van der Waals surface area contributed by atoms with E-state index in [0.29, 0.717) is 34.4 Å². The molecule has 0 spiro atoms. The molecule has 1 N–H and O–H groups in total. The zero-order valence-electron chi connectivity index (χ0n) is 17.7. The number of amides is 1. The van der Waals surface area contributed by atoms with E-state index in [4.69, 9.17) is 25.8 Å². The summed E-state index contributed by atoms with van der Waals surface area (Å²) >= 11 is 6.14. The van der Waals surface area contributed by atoms with Crippen LogP contribution in [-0.2, 0) is 11.2 Å². The van der Waals surface area contributed by atoms with E-state index in [0.717, 1.165) is 18.4 Å². The van der Waals surface area contributed by atoms with Crippen LogP contribution in [0, 0.1) is 0 Å². The number of ether oxygens (including phenoxy) is 3. The summed E-state index contributed by atoms with van der Waals surface area (Å²) in [6.07, 6.45) is 6.24. The summed E-state index contributed by atoms with van der Waals surface area (Å²) in [5, 5.41) is 4.52. The third-order valence-electron chi connectivity index (χ3n) is 4.45. The molecule has 0 bridgehead atoms. The summed E-state index contributed by atoms with van der Waals surface area (Å²) in [4.78, 5) is 12.2. The van der Waals surface area contributed by atoms with Crippen molar-refractivity contribution in [2.75, 3.05) is 20.8 Å². The summed E-state index contributed by atoms with van der Waals surface area (Å²) in [6.45, 7) is 2.84. The zero-order valence-corrected chi connectivity index (χ0v) is 18.5. The predicted octanol–water partition coefficient (Wildman–Crippen LogP) is 5.01. The number of hydrogen-bond donors (Lipinski definition) is 1. The van der Waals surface area contributed by atoms with Crippen LogP contribution in [0.25, 0.3) is 0 Å². The number of unbranched alkanes of at least 4 members (excludes halogenated alkanes) is 3. The van der Waals surface area contributed by atoms with Crippen LogP contribution >= 0.6 is 11.6 Å². The second-order valence-electron chi connectivity index (χ2n) is 6.75. The van der Waals surface area contributed by atoms with Crippen molar-refractivity contribution in [3.05, 3.63) is 52.5 Å². The number of nitrogens with one attached hydrogen (secondary N) is 1. The molecule has 0 radical (unpaired) electrons. The maximum atomic E-state index is 12.2. The van der Waals surface area contributed by atoms with Gasteiger partial charge >= 0.3 is 0 Å². The van der Waals surface area contributed by atoms with E-state index in [1.165, 1.54) is 12.8 Å². The van der Waals surface area contributed by atoms with Crippen molar-refractivity contribution in [2.24, 2.45) is 5.10 Å². The van der Waals surface area contributed by atoms with Gasteiger partial charge in [0.2, 0.25) is 5.91 Å². The smallest absolute Gasteiger partial charge is 0.244 e. The summed E-state index contributed by atoms with van der Waals surface area (Å²) in [5.41, 5.74) is 3.96. The van der Waals surface area contributed by atoms with E-state index in [-0.39, 0.29) is 12.3 Å². The van der Waals surface area contributed by atoms with Gasteiger partial charge in [0.25, 0.3) is 0 Å². The Kier molecular flexibility index (Phi) is 10.0. The summed E-state index contributed by atoms with van der Waals surface area (Å²) in [6, 6.07) is 10.7. The molecule has 0 atom stereocenters. The lowest BCUT2D eigenvalue weighted by Crippen LogP contribution is -2.20. The fourth-order valence-corrected chi connectivity index (χ4v) is 2.98. The second kappa shape index (κ2) is 12.8. The Morgan fingerprint density at radius 1 is 1.07 bits per heavy atom. The lowest BCUT2D eigenvalue weighted by molar-refractivity contribution is -0.120. The number of nitrogens with zero attached hydrogens (tertiary/aromatic N) is 1. The normalized spacial score (nSPS) is 10.8. The van der Waals surface area contributed by atoms with E-state index in [1.807, 2.05) is 18.2 Å². The maximum absolute atomic E-state index is 12.2. The van der Waals surface area contributed by atoms with E-state index >= 15 is 0 Å². The lowest BCUT2D eigenvalue weighted by Gasteiger charge is -2.11. The molecule has 1 amide bonds. The molecule has 0 fully saturated rings. The van der Waals surface area contributed by atoms with Gasteiger partial charge in [-0.3, -0.25) is 4.79 Å². The number of rotatable bonds is 12. The topological polar surface area (TPSA) is 69.2 Å². The molecule has 0 saturated carbocycles. The van der Waals surface area contributed by atoms with Crippen LogP contribution in [-0.4, -0.2) is 32.9 Å². The van der Waals surface area contributed by atoms with Gasteiger partial charge in [0.05, 0.1) is 33.5 Å². The third kappa shape index (κ3) is 7.59. The van der Waals surface area contributed by atoms with Gasteiger partial charge in [-0.15, -0.1) is 0 Å². The Morgan fingerprint density at radius 2 is 1.90 bits per heavy atom. The van der Waals surface area contributed by atoms with Gasteiger partial charge in [-0.1, -0.05) is 37.8 Å². The molecule has 30 heavy (non-hydrogen) atoms. The van der Waals surface area contributed by atoms with Crippen molar-refractivity contribution < 1.29 is 19.0 Å². The van der Waals surface area contributed by atoms with Gasteiger partial charge in [-0.25, -0.2) is 5.43 Å². The predicted molar refractivity (Wildman–Crippen MR) is 120 cm³/mol. The van der Waals surface area contributed by atoms with E-state index in [2.05, 4.69) is 17.5 Å². The number of carbonyl (C=O) groups excluding carboxylic acids is 1. The van der Waals surface area contributed by atoms with Crippen LogP contribution in [0.1, 0.15) is 43.7 Å². The number of hydrogen-bond acceptors (Lipinski definition) is 5. The Balaban J connectivity index is 1.90. The second-order valence-corrected chi connectivity index (χ2v) is 7.15. The molecule has 0 aliphatic rings. The van der Waals surface area contributed by atoms with Crippen LogP contribution < -0.4 is 19.6 Å². The van der Waals surface area contributed by atoms with Crippen molar-refractivity contribution in [1.82, 2.24) is 5.43 Å². The standard InChI is InChI=1S/C23H29ClN2O4/c1-4-5-6-7-12-30-21-11-8-17(13-22(21)29-3)16-25-26-23(27)15-18-14-19(28-2)9-10-20(18)24/h8-11,13-14,16H,4-7,12,15H2,1-3H3,(H,26,27)/b25-16+. The van der Waals surface area contributed by atoms with Gasteiger partial charge in [-0.2, -0.15) is 5.10 Å². The largest absolute Gasteiger partial charge is 0.497 e. The fourth-order valence-electron chi connectivity index (χ4n) is 2.80. The molecule has 0 saturated heterocycles. The van der Waals surface area contributed by atoms with Gasteiger partial charge in [-0.05, 0) is 53.9 Å². The first-order valence-corrected chi connectivity index (χ1v) is 10.4. The minimum atomic E-state index is -0.277. The third-order valence-corrected chi connectivity index (χ3v) is 4.82. The average molecular weight is 433 g/mol. The molecule has 0 aliphatic carbocycles. The Hall–Kier alpha value is -2.73. The minimum Gasteiger partial charge on any atom is -0.497 e. The highest BCUT2D eigenvalue weighted by molar-refractivity contribution is 6.31. The van der Waals surface area contributed by atoms with Crippen LogP contribution in [0.5, 0.6) is 17.2 Å². The maximum Gasteiger partial charge on any atom is 0.244 e. The molecule has 2 rings (SSSR count). The molecule has 0 unspecified atom stereocenters. The molecule has 2 aromatic rings. The molecular weight excluding hydrogens is 404 g/mol. The van der Waals surface area contributed by atoms with Crippen LogP contribution in [0.3, 0.4) is 0 Å². The molecule has 0 heterocycles. The minimum absolute atomic E-state index is 0.0987. The highest BCUT2D eigenvalue weighted by Gasteiger charge is 2.08. The molecule has 0 aromatic heterocycles. The number of benzene rings is 2. The number of hydrazone groups is 1. The Labute approximate surface area is 183 Å². The molecular formula is C23H29ClN2O4. The van der Waals surface area contributed by atoms with Gasteiger partial charge < -0.3 is 14.2 Å². The molecule has 0 aliphatic heterocycles. The van der Waals surface area contributed by atoms with Crippen molar-refractivity contribution in [1.29, 1.82) is 0 Å². The van der Waals surface area contributed by atoms with Crippen LogP contribution in [0.2, 0.25) is 5.02 Å².